The Hall–Kier alpha value is -1.13. The van der Waals surface area contributed by atoms with E-state index in [1.807, 2.05) is 0 Å². The minimum atomic E-state index is -0.461. The van der Waals surface area contributed by atoms with Gasteiger partial charge in [-0.25, -0.2) is 4.39 Å². The van der Waals surface area contributed by atoms with Gasteiger partial charge in [-0.2, -0.15) is 0 Å². The van der Waals surface area contributed by atoms with Crippen LogP contribution in [0.15, 0.2) is 18.2 Å². The SMILES string of the molecule is O=C(CCC1CCCNC1)Nc1cc(Cl)ccc1F. The van der Waals surface area contributed by atoms with Crippen molar-refractivity contribution < 1.29 is 9.18 Å². The number of nitrogens with one attached hydrogen (secondary N) is 2. The van der Waals surface area contributed by atoms with Crippen LogP contribution in [0.1, 0.15) is 25.7 Å². The van der Waals surface area contributed by atoms with Gasteiger partial charge in [-0.1, -0.05) is 11.6 Å². The zero-order valence-electron chi connectivity index (χ0n) is 10.7. The number of carbonyl (C=O) groups is 1. The topological polar surface area (TPSA) is 41.1 Å². The molecule has 19 heavy (non-hydrogen) atoms. The molecule has 104 valence electrons. The Balaban J connectivity index is 1.81. The lowest BCUT2D eigenvalue weighted by Crippen LogP contribution is -2.30. The Bertz CT molecular complexity index is 447. The van der Waals surface area contributed by atoms with Gasteiger partial charge < -0.3 is 10.6 Å². The van der Waals surface area contributed by atoms with Crippen LogP contribution in [0.25, 0.3) is 0 Å². The van der Waals surface area contributed by atoms with Gasteiger partial charge in [0.2, 0.25) is 5.91 Å². The van der Waals surface area contributed by atoms with Crippen molar-refractivity contribution in [2.45, 2.75) is 25.7 Å². The van der Waals surface area contributed by atoms with Crippen LogP contribution in [0.2, 0.25) is 5.02 Å². The van der Waals surface area contributed by atoms with Crippen LogP contribution in [-0.4, -0.2) is 19.0 Å². The molecule has 5 heteroatoms. The third-order valence-corrected chi connectivity index (χ3v) is 3.62. The summed E-state index contributed by atoms with van der Waals surface area (Å²) in [6.45, 7) is 2.04. The van der Waals surface area contributed by atoms with Crippen LogP contribution in [0, 0.1) is 11.7 Å². The molecule has 0 aromatic heterocycles. The minimum Gasteiger partial charge on any atom is -0.324 e. The minimum absolute atomic E-state index is 0.152. The Morgan fingerprint density at radius 2 is 2.37 bits per heavy atom. The van der Waals surface area contributed by atoms with Gasteiger partial charge >= 0.3 is 0 Å². The standard InChI is InChI=1S/C14H18ClFN2O/c15-11-4-5-12(16)13(8-11)18-14(19)6-3-10-2-1-7-17-9-10/h4-5,8,10,17H,1-3,6-7,9H2,(H,18,19). The maximum Gasteiger partial charge on any atom is 0.224 e. The molecule has 1 atom stereocenters. The van der Waals surface area contributed by atoms with E-state index in [0.29, 0.717) is 17.4 Å². The third-order valence-electron chi connectivity index (χ3n) is 3.38. The lowest BCUT2D eigenvalue weighted by molar-refractivity contribution is -0.116. The average molecular weight is 285 g/mol. The Morgan fingerprint density at radius 1 is 1.53 bits per heavy atom. The maximum atomic E-state index is 13.4. The van der Waals surface area contributed by atoms with Crippen LogP contribution >= 0.6 is 11.6 Å². The molecule has 2 rings (SSSR count). The number of amides is 1. The van der Waals surface area contributed by atoms with E-state index in [0.717, 1.165) is 32.4 Å². The highest BCUT2D eigenvalue weighted by Gasteiger charge is 2.15. The van der Waals surface area contributed by atoms with E-state index in [2.05, 4.69) is 10.6 Å². The highest BCUT2D eigenvalue weighted by atomic mass is 35.5. The summed E-state index contributed by atoms with van der Waals surface area (Å²) in [4.78, 5) is 11.8. The highest BCUT2D eigenvalue weighted by Crippen LogP contribution is 2.21. The van der Waals surface area contributed by atoms with Gasteiger partial charge in [-0.05, 0) is 56.5 Å². The molecule has 1 aliphatic rings. The van der Waals surface area contributed by atoms with Gasteiger partial charge in [-0.15, -0.1) is 0 Å². The summed E-state index contributed by atoms with van der Waals surface area (Å²) in [5, 5.41) is 6.30. The fraction of sp³-hybridized carbons (Fsp3) is 0.500. The number of benzene rings is 1. The molecule has 0 radical (unpaired) electrons. The van der Waals surface area contributed by atoms with Crippen molar-refractivity contribution in [3.63, 3.8) is 0 Å². The molecule has 2 N–H and O–H groups in total. The molecule has 0 bridgehead atoms. The number of halogens is 2. The molecular formula is C14H18ClFN2O. The smallest absolute Gasteiger partial charge is 0.224 e. The van der Waals surface area contributed by atoms with E-state index in [1.165, 1.54) is 18.2 Å². The van der Waals surface area contributed by atoms with Crippen molar-refractivity contribution in [3.05, 3.63) is 29.0 Å². The first-order chi connectivity index (χ1) is 9.15. The lowest BCUT2D eigenvalue weighted by Gasteiger charge is -2.22. The summed E-state index contributed by atoms with van der Waals surface area (Å²) < 4.78 is 13.4. The van der Waals surface area contributed by atoms with E-state index in [1.54, 1.807) is 0 Å². The molecule has 1 fully saturated rings. The van der Waals surface area contributed by atoms with E-state index in [4.69, 9.17) is 11.6 Å². The van der Waals surface area contributed by atoms with E-state index in [-0.39, 0.29) is 11.6 Å². The second-order valence-electron chi connectivity index (χ2n) is 4.92. The van der Waals surface area contributed by atoms with Crippen molar-refractivity contribution >= 4 is 23.2 Å². The average Bonchev–Trinajstić information content (AvgIpc) is 2.42. The van der Waals surface area contributed by atoms with Crippen LogP contribution < -0.4 is 10.6 Å². The van der Waals surface area contributed by atoms with Crippen LogP contribution in [-0.2, 0) is 4.79 Å². The quantitative estimate of drug-likeness (QED) is 0.891. The summed E-state index contributed by atoms with van der Waals surface area (Å²) in [5.74, 6) is -0.0764. The normalized spacial score (nSPS) is 19.2. The molecule has 1 amide bonds. The molecule has 0 spiro atoms. The highest BCUT2D eigenvalue weighted by molar-refractivity contribution is 6.30. The number of hydrogen-bond donors (Lipinski definition) is 2. The first-order valence-corrected chi connectivity index (χ1v) is 6.98. The monoisotopic (exact) mass is 284 g/mol. The molecule has 0 saturated carbocycles. The van der Waals surface area contributed by atoms with Crippen molar-refractivity contribution in [1.29, 1.82) is 0 Å². The molecule has 1 aromatic rings. The number of rotatable bonds is 4. The Labute approximate surface area is 117 Å². The van der Waals surface area contributed by atoms with Crippen LogP contribution in [0.5, 0.6) is 0 Å². The number of piperidine rings is 1. The molecule has 1 heterocycles. The summed E-state index contributed by atoms with van der Waals surface area (Å²) in [7, 11) is 0. The van der Waals surface area contributed by atoms with Gasteiger partial charge in [0, 0.05) is 11.4 Å². The first-order valence-electron chi connectivity index (χ1n) is 6.61. The fourth-order valence-electron chi connectivity index (χ4n) is 2.31. The van der Waals surface area contributed by atoms with Gasteiger partial charge in [0.05, 0.1) is 5.69 Å². The summed E-state index contributed by atoms with van der Waals surface area (Å²) in [6.07, 6.45) is 3.57. The zero-order chi connectivity index (χ0) is 13.7. The second-order valence-corrected chi connectivity index (χ2v) is 5.36. The fourth-order valence-corrected chi connectivity index (χ4v) is 2.48. The molecule has 1 aromatic carbocycles. The number of hydrogen-bond acceptors (Lipinski definition) is 2. The largest absolute Gasteiger partial charge is 0.324 e. The van der Waals surface area contributed by atoms with Crippen molar-refractivity contribution in [2.75, 3.05) is 18.4 Å². The van der Waals surface area contributed by atoms with Gasteiger partial charge in [-0.3, -0.25) is 4.79 Å². The number of carbonyl (C=O) groups excluding carboxylic acids is 1. The molecule has 1 unspecified atom stereocenters. The predicted octanol–water partition coefficient (Wildman–Crippen LogP) is 3.20. The van der Waals surface area contributed by atoms with Crippen molar-refractivity contribution in [2.24, 2.45) is 5.92 Å². The lowest BCUT2D eigenvalue weighted by atomic mass is 9.94. The Kier molecular flexibility index (Phi) is 5.16. The summed E-state index contributed by atoms with van der Waals surface area (Å²) in [5.41, 5.74) is 0.152. The summed E-state index contributed by atoms with van der Waals surface area (Å²) in [6, 6.07) is 4.14. The van der Waals surface area contributed by atoms with E-state index < -0.39 is 5.82 Å². The maximum absolute atomic E-state index is 13.4. The zero-order valence-corrected chi connectivity index (χ0v) is 11.5. The first kappa shape index (κ1) is 14.3. The van der Waals surface area contributed by atoms with Crippen molar-refractivity contribution in [1.82, 2.24) is 5.32 Å². The molecule has 1 saturated heterocycles. The molecule has 3 nitrogen and oxygen atoms in total. The molecule has 1 aliphatic heterocycles. The van der Waals surface area contributed by atoms with Gasteiger partial charge in [0.1, 0.15) is 5.82 Å². The summed E-state index contributed by atoms with van der Waals surface area (Å²) >= 11 is 5.77. The van der Waals surface area contributed by atoms with Gasteiger partial charge in [0.15, 0.2) is 0 Å². The van der Waals surface area contributed by atoms with E-state index >= 15 is 0 Å². The number of anilines is 1. The molecular weight excluding hydrogens is 267 g/mol. The third kappa shape index (κ3) is 4.48. The van der Waals surface area contributed by atoms with E-state index in [9.17, 15) is 9.18 Å². The van der Waals surface area contributed by atoms with Gasteiger partial charge in [0.25, 0.3) is 0 Å². The predicted molar refractivity (Wildman–Crippen MR) is 74.9 cm³/mol. The molecule has 0 aliphatic carbocycles. The Morgan fingerprint density at radius 3 is 3.11 bits per heavy atom. The van der Waals surface area contributed by atoms with Crippen LogP contribution in [0.4, 0.5) is 10.1 Å². The second kappa shape index (κ2) is 6.87. The van der Waals surface area contributed by atoms with Crippen LogP contribution in [0.3, 0.4) is 0 Å². The van der Waals surface area contributed by atoms with Crippen molar-refractivity contribution in [3.8, 4) is 0 Å².